The predicted molar refractivity (Wildman–Crippen MR) is 92.2 cm³/mol. The van der Waals surface area contributed by atoms with E-state index < -0.39 is 11.6 Å². The average Bonchev–Trinajstić information content (AvgIpc) is 3.38. The number of aromatic nitrogens is 1. The molecule has 1 aromatic carbocycles. The number of anilines is 2. The summed E-state index contributed by atoms with van der Waals surface area (Å²) in [6.07, 6.45) is -0.306. The summed E-state index contributed by atoms with van der Waals surface area (Å²) in [4.78, 5) is 4.18. The Morgan fingerprint density at radius 2 is 1.92 bits per heavy atom. The zero-order valence-electron chi connectivity index (χ0n) is 13.8. The lowest BCUT2D eigenvalue weighted by Gasteiger charge is -2.44. The smallest absolute Gasteiger partial charge is 0.259 e. The number of fused-ring (bicyclic) bond motifs is 2. The van der Waals surface area contributed by atoms with Crippen molar-refractivity contribution in [2.45, 2.75) is 44.2 Å². The summed E-state index contributed by atoms with van der Waals surface area (Å²) in [6.45, 7) is 1.71. The molecular weight excluding hydrogens is 349 g/mol. The predicted octanol–water partition coefficient (Wildman–Crippen LogP) is 6.03. The third-order valence-corrected chi connectivity index (χ3v) is 5.74. The van der Waals surface area contributed by atoms with E-state index in [0.717, 1.165) is 12.8 Å². The number of nitrogens with zero attached hydrogens (tertiary/aromatic N) is 2. The summed E-state index contributed by atoms with van der Waals surface area (Å²) in [5.41, 5.74) is -0.337. The quantitative estimate of drug-likeness (QED) is 0.616. The molecule has 0 N–H and O–H groups in total. The second kappa shape index (κ2) is 5.63. The first-order valence-electron chi connectivity index (χ1n) is 8.44. The van der Waals surface area contributed by atoms with Crippen molar-refractivity contribution in [2.75, 3.05) is 4.42 Å². The Morgan fingerprint density at radius 1 is 1.20 bits per heavy atom. The summed E-state index contributed by atoms with van der Waals surface area (Å²) in [7, 11) is 0. The number of para-hydroxylation sites is 1. The van der Waals surface area contributed by atoms with Crippen LogP contribution >= 0.6 is 11.8 Å². The molecule has 4 rings (SSSR count). The van der Waals surface area contributed by atoms with Gasteiger partial charge in [0.15, 0.2) is 0 Å². The number of hydrogen-bond acceptors (Lipinski definition) is 2. The molecule has 1 unspecified atom stereocenters. The van der Waals surface area contributed by atoms with Gasteiger partial charge in [-0.3, -0.25) is 9.40 Å². The third kappa shape index (κ3) is 2.51. The van der Waals surface area contributed by atoms with Crippen LogP contribution in [0.3, 0.4) is 0 Å². The molecular formula is C19H18ClF3N2. The first-order chi connectivity index (χ1) is 11.8. The van der Waals surface area contributed by atoms with Crippen LogP contribution in [-0.4, -0.2) is 11.2 Å². The van der Waals surface area contributed by atoms with E-state index in [2.05, 4.69) is 4.98 Å². The lowest BCUT2D eigenvalue weighted by Crippen LogP contribution is -2.47. The molecule has 25 heavy (non-hydrogen) atoms. The molecule has 6 heteroatoms. The van der Waals surface area contributed by atoms with Crippen LogP contribution in [0.5, 0.6) is 0 Å². The fourth-order valence-corrected chi connectivity index (χ4v) is 4.16. The van der Waals surface area contributed by atoms with Gasteiger partial charge in [-0.15, -0.1) is 0 Å². The van der Waals surface area contributed by atoms with Crippen LogP contribution in [0.2, 0.25) is 0 Å². The average molecular weight is 367 g/mol. The van der Waals surface area contributed by atoms with E-state index in [-0.39, 0.29) is 17.5 Å². The second-order valence-electron chi connectivity index (χ2n) is 7.03. The molecule has 1 aliphatic carbocycles. The van der Waals surface area contributed by atoms with Crippen LogP contribution in [0, 0.1) is 12.8 Å². The first-order valence-corrected chi connectivity index (χ1v) is 8.77. The fourth-order valence-electron chi connectivity index (χ4n) is 3.88. The van der Waals surface area contributed by atoms with Gasteiger partial charge in [0.25, 0.3) is 0 Å². The van der Waals surface area contributed by atoms with Crippen LogP contribution in [0.1, 0.15) is 42.5 Å². The molecule has 0 spiro atoms. The van der Waals surface area contributed by atoms with Gasteiger partial charge < -0.3 is 0 Å². The lowest BCUT2D eigenvalue weighted by molar-refractivity contribution is -0.180. The zero-order chi connectivity index (χ0) is 17.8. The van der Waals surface area contributed by atoms with Gasteiger partial charge in [-0.2, -0.15) is 13.2 Å². The molecule has 2 nitrogen and oxygen atoms in total. The minimum Gasteiger partial charge on any atom is -0.259 e. The van der Waals surface area contributed by atoms with E-state index in [1.807, 2.05) is 0 Å². The number of benzene rings is 1. The van der Waals surface area contributed by atoms with Crippen LogP contribution in [0.4, 0.5) is 24.5 Å². The molecule has 2 aromatic rings. The van der Waals surface area contributed by atoms with E-state index in [0.29, 0.717) is 29.4 Å². The van der Waals surface area contributed by atoms with Crippen LogP contribution in [0.15, 0.2) is 36.5 Å². The molecule has 0 radical (unpaired) electrons. The number of hydrogen-bond donors (Lipinski definition) is 0. The fraction of sp³-hybridized carbons (Fsp3) is 0.421. The highest BCUT2D eigenvalue weighted by Gasteiger charge is 2.60. The molecule has 1 aromatic heterocycles. The maximum absolute atomic E-state index is 14.6. The van der Waals surface area contributed by atoms with E-state index in [1.54, 1.807) is 37.3 Å². The van der Waals surface area contributed by atoms with Crippen LogP contribution in [0.25, 0.3) is 0 Å². The Kier molecular flexibility index (Phi) is 3.76. The number of pyridine rings is 1. The molecule has 1 fully saturated rings. The SMILES string of the molecule is Cc1cc2c(cn1)N(Cl)c1ccccc1C2(CCC1CC1)C(F)(F)F. The van der Waals surface area contributed by atoms with Gasteiger partial charge in [0.05, 0.1) is 17.6 Å². The Balaban J connectivity index is 2.00. The van der Waals surface area contributed by atoms with Gasteiger partial charge >= 0.3 is 6.18 Å². The summed E-state index contributed by atoms with van der Waals surface area (Å²) < 4.78 is 45.1. The highest BCUT2D eigenvalue weighted by molar-refractivity contribution is 6.30. The van der Waals surface area contributed by atoms with Gasteiger partial charge in [0, 0.05) is 23.0 Å². The Morgan fingerprint density at radius 3 is 2.60 bits per heavy atom. The highest BCUT2D eigenvalue weighted by Crippen LogP contribution is 2.59. The van der Waals surface area contributed by atoms with Gasteiger partial charge in [-0.1, -0.05) is 31.0 Å². The maximum Gasteiger partial charge on any atom is 0.402 e. The first kappa shape index (κ1) is 16.7. The second-order valence-corrected chi connectivity index (χ2v) is 7.36. The molecule has 132 valence electrons. The third-order valence-electron chi connectivity index (χ3n) is 5.37. The zero-order valence-corrected chi connectivity index (χ0v) is 14.5. The van der Waals surface area contributed by atoms with Crippen molar-refractivity contribution in [1.29, 1.82) is 0 Å². The molecule has 0 bridgehead atoms. The van der Waals surface area contributed by atoms with E-state index >= 15 is 0 Å². The molecule has 0 amide bonds. The number of alkyl halides is 3. The van der Waals surface area contributed by atoms with E-state index in [9.17, 15) is 13.2 Å². The van der Waals surface area contributed by atoms with Crippen LogP contribution < -0.4 is 4.42 Å². The van der Waals surface area contributed by atoms with E-state index in [1.165, 1.54) is 10.6 Å². The monoisotopic (exact) mass is 366 g/mol. The summed E-state index contributed by atoms with van der Waals surface area (Å²) in [5, 5.41) is 0. The van der Waals surface area contributed by atoms with Crippen LogP contribution in [-0.2, 0) is 5.41 Å². The molecule has 1 saturated carbocycles. The largest absolute Gasteiger partial charge is 0.402 e. The summed E-state index contributed by atoms with van der Waals surface area (Å²) in [5.74, 6) is 0.409. The maximum atomic E-state index is 14.6. The van der Waals surface area contributed by atoms with Crippen molar-refractivity contribution < 1.29 is 13.2 Å². The summed E-state index contributed by atoms with van der Waals surface area (Å²) >= 11 is 6.41. The molecule has 2 aliphatic rings. The Hall–Kier alpha value is -1.75. The standard InChI is InChI=1S/C19H18ClF3N2/c1-12-10-15-17(11-24-12)25(20)16-5-3-2-4-14(16)18(15,19(21,22)23)9-8-13-6-7-13/h2-5,10-11,13H,6-9H2,1H3. The van der Waals surface area contributed by atoms with Crippen molar-refractivity contribution >= 4 is 23.2 Å². The van der Waals surface area contributed by atoms with Crippen molar-refractivity contribution in [3.8, 4) is 0 Å². The van der Waals surface area contributed by atoms with Crippen molar-refractivity contribution in [2.24, 2.45) is 5.92 Å². The number of halogens is 4. The van der Waals surface area contributed by atoms with E-state index in [4.69, 9.17) is 11.8 Å². The van der Waals surface area contributed by atoms with Crippen molar-refractivity contribution in [3.05, 3.63) is 53.3 Å². The minimum absolute atomic E-state index is 0.0410. The molecule has 0 saturated heterocycles. The van der Waals surface area contributed by atoms with Gasteiger partial charge in [-0.05, 0) is 43.4 Å². The van der Waals surface area contributed by atoms with Gasteiger partial charge in [-0.25, -0.2) is 0 Å². The molecule has 1 aliphatic heterocycles. The number of aryl methyl sites for hydroxylation is 1. The van der Waals surface area contributed by atoms with Crippen molar-refractivity contribution in [1.82, 2.24) is 4.98 Å². The van der Waals surface area contributed by atoms with Gasteiger partial charge in [0.2, 0.25) is 0 Å². The lowest BCUT2D eigenvalue weighted by atomic mass is 9.67. The highest BCUT2D eigenvalue weighted by atomic mass is 35.5. The topological polar surface area (TPSA) is 16.1 Å². The number of rotatable bonds is 3. The summed E-state index contributed by atoms with van der Waals surface area (Å²) in [6, 6.07) is 8.11. The van der Waals surface area contributed by atoms with Crippen molar-refractivity contribution in [3.63, 3.8) is 0 Å². The Labute approximate surface area is 149 Å². The molecule has 2 heterocycles. The Bertz CT molecular complexity index is 817. The van der Waals surface area contributed by atoms with Gasteiger partial charge in [0.1, 0.15) is 5.41 Å². The normalized spacial score (nSPS) is 22.5. The molecule has 1 atom stereocenters. The minimum atomic E-state index is -4.42.